The molecule has 0 spiro atoms. The van der Waals surface area contributed by atoms with E-state index < -0.39 is 11.6 Å². The molecule has 0 saturated carbocycles. The van der Waals surface area contributed by atoms with E-state index in [1.54, 1.807) is 35.7 Å². The minimum absolute atomic E-state index is 0.524. The third-order valence-corrected chi connectivity index (χ3v) is 4.37. The van der Waals surface area contributed by atoms with E-state index in [4.69, 9.17) is 0 Å². The van der Waals surface area contributed by atoms with Gasteiger partial charge in [-0.3, -0.25) is 9.97 Å². The highest BCUT2D eigenvalue weighted by Crippen LogP contribution is 2.41. The summed E-state index contributed by atoms with van der Waals surface area (Å²) in [6.07, 6.45) is 8.42. The van der Waals surface area contributed by atoms with E-state index >= 15 is 0 Å². The molecule has 4 aromatic rings. The summed E-state index contributed by atoms with van der Waals surface area (Å²) in [7, 11) is 0. The molecular weight excluding hydrogens is 326 g/mol. The Hall–Kier alpha value is -3.38. The molecule has 2 atom stereocenters. The van der Waals surface area contributed by atoms with Crippen molar-refractivity contribution in [2.45, 2.75) is 11.6 Å². The Morgan fingerprint density at radius 2 is 1.73 bits per heavy atom. The number of rotatable bonds is 5. The first kappa shape index (κ1) is 16.1. The van der Waals surface area contributed by atoms with Gasteiger partial charge in [0.15, 0.2) is 5.60 Å². The topological polar surface area (TPSA) is 76.7 Å². The minimum Gasteiger partial charge on any atom is -0.376 e. The highest BCUT2D eigenvalue weighted by Gasteiger charge is 2.44. The number of hydrogen-bond acceptors (Lipinski definition) is 5. The Bertz CT molecular complexity index is 904. The van der Waals surface area contributed by atoms with Gasteiger partial charge in [-0.25, -0.2) is 4.68 Å². The Morgan fingerprint density at radius 1 is 0.885 bits per heavy atom. The zero-order valence-corrected chi connectivity index (χ0v) is 13.9. The van der Waals surface area contributed by atoms with Crippen molar-refractivity contribution in [2.24, 2.45) is 0 Å². The SMILES string of the molecule is OC(c1ccccc1)(c1ccccn1)[C@@H](c1cccnc1)n1ccnn1. The van der Waals surface area contributed by atoms with Crippen molar-refractivity contribution < 1.29 is 5.11 Å². The lowest BCUT2D eigenvalue weighted by Crippen LogP contribution is -2.40. The van der Waals surface area contributed by atoms with E-state index in [2.05, 4.69) is 20.3 Å². The number of aromatic nitrogens is 5. The summed E-state index contributed by atoms with van der Waals surface area (Å²) in [6, 6.07) is 18.1. The average Bonchev–Trinajstić information content (AvgIpc) is 3.24. The molecule has 0 saturated heterocycles. The molecular formula is C20H17N5O. The highest BCUT2D eigenvalue weighted by molar-refractivity contribution is 5.38. The van der Waals surface area contributed by atoms with Crippen LogP contribution in [0.2, 0.25) is 0 Å². The van der Waals surface area contributed by atoms with Crippen LogP contribution < -0.4 is 0 Å². The van der Waals surface area contributed by atoms with Crippen LogP contribution >= 0.6 is 0 Å². The molecule has 3 aromatic heterocycles. The van der Waals surface area contributed by atoms with Gasteiger partial charge in [-0.15, -0.1) is 5.10 Å². The van der Waals surface area contributed by atoms with Gasteiger partial charge < -0.3 is 5.11 Å². The van der Waals surface area contributed by atoms with Gasteiger partial charge in [0.2, 0.25) is 0 Å². The highest BCUT2D eigenvalue weighted by atomic mass is 16.3. The lowest BCUT2D eigenvalue weighted by molar-refractivity contribution is 0.0287. The van der Waals surface area contributed by atoms with E-state index in [9.17, 15) is 5.11 Å². The number of pyridine rings is 2. The number of benzene rings is 1. The molecule has 0 bridgehead atoms. The van der Waals surface area contributed by atoms with Gasteiger partial charge in [-0.05, 0) is 29.3 Å². The fourth-order valence-electron chi connectivity index (χ4n) is 3.20. The number of aliphatic hydroxyl groups is 1. The van der Waals surface area contributed by atoms with Crippen LogP contribution in [0.1, 0.15) is 22.9 Å². The van der Waals surface area contributed by atoms with Crippen LogP contribution in [0.3, 0.4) is 0 Å². The molecule has 0 fully saturated rings. The quantitative estimate of drug-likeness (QED) is 0.603. The van der Waals surface area contributed by atoms with Crippen LogP contribution in [0.15, 0.2) is 91.6 Å². The van der Waals surface area contributed by atoms with Crippen molar-refractivity contribution in [3.05, 3.63) is 108 Å². The molecule has 6 heteroatoms. The fourth-order valence-corrected chi connectivity index (χ4v) is 3.20. The average molecular weight is 343 g/mol. The molecule has 3 heterocycles. The first-order chi connectivity index (χ1) is 12.8. The largest absolute Gasteiger partial charge is 0.376 e. The van der Waals surface area contributed by atoms with Crippen LogP contribution in [-0.4, -0.2) is 30.1 Å². The summed E-state index contributed by atoms with van der Waals surface area (Å²) in [5, 5.41) is 20.2. The summed E-state index contributed by atoms with van der Waals surface area (Å²) in [4.78, 5) is 8.67. The first-order valence-corrected chi connectivity index (χ1v) is 8.25. The Morgan fingerprint density at radius 3 is 2.38 bits per heavy atom. The smallest absolute Gasteiger partial charge is 0.158 e. The van der Waals surface area contributed by atoms with Crippen LogP contribution in [0, 0.1) is 0 Å². The first-order valence-electron chi connectivity index (χ1n) is 8.25. The van der Waals surface area contributed by atoms with Gasteiger partial charge in [0.05, 0.1) is 11.9 Å². The van der Waals surface area contributed by atoms with Crippen molar-refractivity contribution in [3.8, 4) is 0 Å². The normalized spacial score (nSPS) is 14.5. The number of hydrogen-bond donors (Lipinski definition) is 1. The minimum atomic E-state index is -1.46. The molecule has 6 nitrogen and oxygen atoms in total. The van der Waals surface area contributed by atoms with E-state index in [1.165, 1.54) is 0 Å². The van der Waals surface area contributed by atoms with Crippen LogP contribution in [-0.2, 0) is 5.60 Å². The van der Waals surface area contributed by atoms with Gasteiger partial charge >= 0.3 is 0 Å². The second-order valence-electron chi connectivity index (χ2n) is 5.92. The van der Waals surface area contributed by atoms with Gasteiger partial charge in [0.1, 0.15) is 6.04 Å². The van der Waals surface area contributed by atoms with E-state index in [0.29, 0.717) is 11.3 Å². The third-order valence-electron chi connectivity index (χ3n) is 4.37. The molecule has 26 heavy (non-hydrogen) atoms. The Balaban J connectivity index is 2.00. The maximum Gasteiger partial charge on any atom is 0.158 e. The van der Waals surface area contributed by atoms with Gasteiger partial charge in [0.25, 0.3) is 0 Å². The summed E-state index contributed by atoms with van der Waals surface area (Å²) in [5.41, 5.74) is 0.577. The van der Waals surface area contributed by atoms with E-state index in [1.807, 2.05) is 60.7 Å². The summed E-state index contributed by atoms with van der Waals surface area (Å²) in [5.74, 6) is 0. The summed E-state index contributed by atoms with van der Waals surface area (Å²) >= 11 is 0. The second kappa shape index (κ2) is 6.85. The van der Waals surface area contributed by atoms with E-state index in [0.717, 1.165) is 5.56 Å². The van der Waals surface area contributed by atoms with Crippen molar-refractivity contribution >= 4 is 0 Å². The van der Waals surface area contributed by atoms with Crippen LogP contribution in [0.25, 0.3) is 0 Å². The maximum atomic E-state index is 12.1. The zero-order valence-electron chi connectivity index (χ0n) is 13.9. The molecule has 0 aliphatic rings. The maximum absolute atomic E-state index is 12.1. The van der Waals surface area contributed by atoms with Crippen LogP contribution in [0.5, 0.6) is 0 Å². The fraction of sp³-hybridized carbons (Fsp3) is 0.100. The Labute approximate surface area is 150 Å². The molecule has 0 aliphatic heterocycles. The summed E-state index contributed by atoms with van der Waals surface area (Å²) < 4.78 is 1.64. The number of nitrogens with zero attached hydrogens (tertiary/aromatic N) is 5. The molecule has 0 amide bonds. The molecule has 1 N–H and O–H groups in total. The lowest BCUT2D eigenvalue weighted by Gasteiger charge is -2.36. The zero-order chi connectivity index (χ0) is 17.8. The second-order valence-corrected chi connectivity index (χ2v) is 5.92. The Kier molecular flexibility index (Phi) is 4.25. The van der Waals surface area contributed by atoms with Crippen molar-refractivity contribution in [2.75, 3.05) is 0 Å². The standard InChI is InChI=1S/C20H17N5O/c26-20(17-8-2-1-3-9-17,18-10-4-5-12-22-18)19(25-14-13-23-24-25)16-7-6-11-21-15-16/h1-15,19,26H/t19-,20?/m1/s1. The molecule has 0 radical (unpaired) electrons. The predicted octanol–water partition coefficient (Wildman–Crippen LogP) is 2.59. The van der Waals surface area contributed by atoms with Crippen molar-refractivity contribution in [1.82, 2.24) is 25.0 Å². The third kappa shape index (κ3) is 2.76. The molecule has 4 rings (SSSR count). The molecule has 128 valence electrons. The molecule has 1 aromatic carbocycles. The van der Waals surface area contributed by atoms with Crippen molar-refractivity contribution in [1.29, 1.82) is 0 Å². The van der Waals surface area contributed by atoms with E-state index in [-0.39, 0.29) is 0 Å². The molecule has 0 aliphatic carbocycles. The van der Waals surface area contributed by atoms with Gasteiger partial charge in [-0.1, -0.05) is 47.7 Å². The molecule has 1 unspecified atom stereocenters. The lowest BCUT2D eigenvalue weighted by atomic mass is 9.80. The van der Waals surface area contributed by atoms with Gasteiger partial charge in [0, 0.05) is 24.8 Å². The summed E-state index contributed by atoms with van der Waals surface area (Å²) in [6.45, 7) is 0. The van der Waals surface area contributed by atoms with Gasteiger partial charge in [-0.2, -0.15) is 0 Å². The monoisotopic (exact) mass is 343 g/mol. The van der Waals surface area contributed by atoms with Crippen molar-refractivity contribution in [3.63, 3.8) is 0 Å². The predicted molar refractivity (Wildman–Crippen MR) is 96.1 cm³/mol. The van der Waals surface area contributed by atoms with Crippen LogP contribution in [0.4, 0.5) is 0 Å².